The van der Waals surface area contributed by atoms with Crippen molar-refractivity contribution in [1.29, 1.82) is 0 Å². The number of carbonyl (C=O) groups is 2. The molecule has 2 aromatic carbocycles. The third kappa shape index (κ3) is 5.75. The molecule has 9 heteroatoms. The Balaban J connectivity index is 1.61. The molecule has 0 saturated carbocycles. The van der Waals surface area contributed by atoms with E-state index in [4.69, 9.17) is 11.6 Å². The van der Waals surface area contributed by atoms with Crippen LogP contribution in [-0.2, 0) is 26.2 Å². The van der Waals surface area contributed by atoms with Gasteiger partial charge in [-0.25, -0.2) is 8.42 Å². The maximum absolute atomic E-state index is 12.8. The van der Waals surface area contributed by atoms with E-state index in [2.05, 4.69) is 5.32 Å². The monoisotopic (exact) mass is 491 g/mol. The molecule has 1 fully saturated rings. The Morgan fingerprint density at radius 3 is 2.39 bits per heavy atom. The van der Waals surface area contributed by atoms with Crippen molar-refractivity contribution < 1.29 is 18.0 Å². The lowest BCUT2D eigenvalue weighted by atomic mass is 10.1. The normalized spacial score (nSPS) is 17.4. The van der Waals surface area contributed by atoms with Crippen LogP contribution in [0.3, 0.4) is 0 Å². The summed E-state index contributed by atoms with van der Waals surface area (Å²) in [5.74, 6) is -0.712. The highest BCUT2D eigenvalue weighted by atomic mass is 35.5. The smallest absolute Gasteiger partial charge is 0.243 e. The average molecular weight is 492 g/mol. The van der Waals surface area contributed by atoms with Crippen molar-refractivity contribution in [3.63, 3.8) is 0 Å². The predicted molar refractivity (Wildman–Crippen MR) is 128 cm³/mol. The second-order valence-corrected chi connectivity index (χ2v) is 10.5. The van der Waals surface area contributed by atoms with E-state index in [1.165, 1.54) is 4.31 Å². The molecule has 3 rings (SSSR count). The first-order valence-corrected chi connectivity index (χ1v) is 12.9. The van der Waals surface area contributed by atoms with E-state index in [0.29, 0.717) is 31.2 Å². The zero-order valence-electron chi connectivity index (χ0n) is 19.1. The van der Waals surface area contributed by atoms with Gasteiger partial charge in [0.05, 0.1) is 16.9 Å². The minimum absolute atomic E-state index is 0.0753. The van der Waals surface area contributed by atoms with Gasteiger partial charge in [0, 0.05) is 37.6 Å². The molecule has 0 aliphatic carbocycles. The van der Waals surface area contributed by atoms with E-state index in [-0.39, 0.29) is 29.2 Å². The van der Waals surface area contributed by atoms with Gasteiger partial charge >= 0.3 is 0 Å². The van der Waals surface area contributed by atoms with Crippen LogP contribution in [-0.4, -0.2) is 49.1 Å². The minimum Gasteiger partial charge on any atom is -0.349 e. The molecule has 0 spiro atoms. The molecule has 178 valence electrons. The number of carbonyl (C=O) groups excluding carboxylic acids is 2. The van der Waals surface area contributed by atoms with E-state index in [0.717, 1.165) is 11.1 Å². The Labute approximate surface area is 200 Å². The van der Waals surface area contributed by atoms with Crippen LogP contribution in [0.15, 0.2) is 53.4 Å². The van der Waals surface area contributed by atoms with Crippen LogP contribution in [0.2, 0.25) is 5.02 Å². The first-order valence-electron chi connectivity index (χ1n) is 11.1. The summed E-state index contributed by atoms with van der Waals surface area (Å²) < 4.78 is 26.7. The second-order valence-electron chi connectivity index (χ2n) is 8.16. The van der Waals surface area contributed by atoms with Crippen LogP contribution < -0.4 is 5.32 Å². The Bertz CT molecular complexity index is 1100. The minimum atomic E-state index is -3.53. The van der Waals surface area contributed by atoms with Gasteiger partial charge in [0.15, 0.2) is 0 Å². The quantitative estimate of drug-likeness (QED) is 0.580. The van der Waals surface area contributed by atoms with Crippen LogP contribution in [0.5, 0.6) is 0 Å². The Morgan fingerprint density at radius 2 is 1.79 bits per heavy atom. The molecule has 1 heterocycles. The molecule has 7 nitrogen and oxygen atoms in total. The molecule has 0 unspecified atom stereocenters. The van der Waals surface area contributed by atoms with Crippen molar-refractivity contribution in [3.05, 3.63) is 64.7 Å². The van der Waals surface area contributed by atoms with Crippen molar-refractivity contribution in [3.8, 4) is 0 Å². The van der Waals surface area contributed by atoms with E-state index in [9.17, 15) is 18.0 Å². The summed E-state index contributed by atoms with van der Waals surface area (Å²) in [7, 11) is -3.53. The summed E-state index contributed by atoms with van der Waals surface area (Å²) in [5, 5.41) is 3.55. The number of sulfonamides is 1. The number of nitrogens with one attached hydrogen (secondary N) is 1. The number of amides is 2. The third-order valence-corrected chi connectivity index (χ3v) is 8.42. The highest BCUT2D eigenvalue weighted by molar-refractivity contribution is 7.89. The highest BCUT2D eigenvalue weighted by Crippen LogP contribution is 2.25. The summed E-state index contributed by atoms with van der Waals surface area (Å²) in [6, 6.07) is 13.6. The second kappa shape index (κ2) is 10.7. The van der Waals surface area contributed by atoms with Gasteiger partial charge in [0.25, 0.3) is 0 Å². The molecular formula is C24H30ClN3O4S. The van der Waals surface area contributed by atoms with E-state index in [1.807, 2.05) is 25.1 Å². The number of benzene rings is 2. The third-order valence-electron chi connectivity index (χ3n) is 5.99. The number of likely N-dealkylation sites (tertiary alicyclic amines) is 1. The van der Waals surface area contributed by atoms with Gasteiger partial charge in [-0.05, 0) is 36.2 Å². The zero-order valence-corrected chi connectivity index (χ0v) is 20.7. The van der Waals surface area contributed by atoms with Gasteiger partial charge in [-0.15, -0.1) is 0 Å². The lowest BCUT2D eigenvalue weighted by Crippen LogP contribution is -2.34. The fourth-order valence-corrected chi connectivity index (χ4v) is 5.64. The zero-order chi connectivity index (χ0) is 24.2. The van der Waals surface area contributed by atoms with Gasteiger partial charge in [-0.1, -0.05) is 55.8 Å². The summed E-state index contributed by atoms with van der Waals surface area (Å²) in [5.41, 5.74) is 1.64. The molecule has 1 aliphatic heterocycles. The largest absolute Gasteiger partial charge is 0.349 e. The molecule has 2 aromatic rings. The van der Waals surface area contributed by atoms with Gasteiger partial charge in [0.1, 0.15) is 0 Å². The molecule has 1 saturated heterocycles. The summed E-state index contributed by atoms with van der Waals surface area (Å²) in [6.07, 6.45) is 0.157. The van der Waals surface area contributed by atoms with E-state index < -0.39 is 15.9 Å². The van der Waals surface area contributed by atoms with E-state index >= 15 is 0 Å². The first-order chi connectivity index (χ1) is 15.7. The molecule has 0 bridgehead atoms. The number of hydrogen-bond acceptors (Lipinski definition) is 4. The Kier molecular flexibility index (Phi) is 8.15. The molecule has 0 radical (unpaired) electrons. The molecule has 1 aliphatic rings. The van der Waals surface area contributed by atoms with Gasteiger partial charge in [0.2, 0.25) is 21.8 Å². The summed E-state index contributed by atoms with van der Waals surface area (Å²) >= 11 is 6.20. The van der Waals surface area contributed by atoms with Gasteiger partial charge in [-0.2, -0.15) is 4.31 Å². The van der Waals surface area contributed by atoms with Gasteiger partial charge < -0.3 is 10.2 Å². The fourth-order valence-electron chi connectivity index (χ4n) is 3.99. The lowest BCUT2D eigenvalue weighted by molar-refractivity contribution is -0.129. The highest BCUT2D eigenvalue weighted by Gasteiger charge is 2.35. The number of hydrogen-bond donors (Lipinski definition) is 1. The van der Waals surface area contributed by atoms with Crippen molar-refractivity contribution >= 4 is 33.4 Å². The molecule has 1 N–H and O–H groups in total. The maximum atomic E-state index is 12.8. The Morgan fingerprint density at radius 1 is 1.15 bits per heavy atom. The van der Waals surface area contributed by atoms with Crippen molar-refractivity contribution in [2.75, 3.05) is 19.6 Å². The molecule has 0 aromatic heterocycles. The number of nitrogens with zero attached hydrogens (tertiary/aromatic N) is 2. The fraction of sp³-hybridized carbons (Fsp3) is 0.417. The van der Waals surface area contributed by atoms with Crippen molar-refractivity contribution in [1.82, 2.24) is 14.5 Å². The maximum Gasteiger partial charge on any atom is 0.243 e. The SMILES string of the molecule is CCN(CC)S(=O)(=O)c1ccc([C@@H](C)NC(=O)[C@H]2CC(=O)N(Cc3ccccc3Cl)C2)cc1. The topological polar surface area (TPSA) is 86.8 Å². The summed E-state index contributed by atoms with van der Waals surface area (Å²) in [4.78, 5) is 27.1. The summed E-state index contributed by atoms with van der Waals surface area (Å²) in [6.45, 7) is 6.96. The number of rotatable bonds is 9. The van der Waals surface area contributed by atoms with Crippen LogP contribution >= 0.6 is 11.6 Å². The van der Waals surface area contributed by atoms with Crippen LogP contribution in [0.25, 0.3) is 0 Å². The molecule has 2 amide bonds. The van der Waals surface area contributed by atoms with Crippen molar-refractivity contribution in [2.45, 2.75) is 44.7 Å². The molecule has 2 atom stereocenters. The van der Waals surface area contributed by atoms with Crippen molar-refractivity contribution in [2.24, 2.45) is 5.92 Å². The predicted octanol–water partition coefficient (Wildman–Crippen LogP) is 3.60. The lowest BCUT2D eigenvalue weighted by Gasteiger charge is -2.20. The van der Waals surface area contributed by atoms with Gasteiger partial charge in [-0.3, -0.25) is 9.59 Å². The van der Waals surface area contributed by atoms with Crippen LogP contribution in [0.1, 0.15) is 44.4 Å². The van der Waals surface area contributed by atoms with E-state index in [1.54, 1.807) is 49.1 Å². The molecule has 33 heavy (non-hydrogen) atoms. The first kappa shape index (κ1) is 25.2. The standard InChI is InChI=1S/C24H30ClN3O4S/c1-4-28(5-2)33(31,32)21-12-10-18(11-13-21)17(3)26-24(30)20-14-23(29)27(16-20)15-19-8-6-7-9-22(19)25/h6-13,17,20H,4-5,14-16H2,1-3H3,(H,26,30)/t17-,20+/m1/s1. The molecular weight excluding hydrogens is 462 g/mol. The Hall–Kier alpha value is -2.42. The van der Waals surface area contributed by atoms with Crippen LogP contribution in [0.4, 0.5) is 0 Å². The average Bonchev–Trinajstić information content (AvgIpc) is 3.16. The number of halogens is 1. The van der Waals surface area contributed by atoms with Crippen LogP contribution in [0, 0.1) is 5.92 Å².